The summed E-state index contributed by atoms with van der Waals surface area (Å²) in [4.78, 5) is 23.9. The molecule has 0 atom stereocenters. The van der Waals surface area contributed by atoms with Crippen molar-refractivity contribution in [1.29, 1.82) is 0 Å². The number of hydrogen-bond donors (Lipinski definition) is 3. The second-order valence-corrected chi connectivity index (χ2v) is 9.06. The smallest absolute Gasteiger partial charge is 0.228 e. The van der Waals surface area contributed by atoms with E-state index in [1.807, 2.05) is 42.5 Å². The summed E-state index contributed by atoms with van der Waals surface area (Å²) in [5.41, 5.74) is 2.58. The lowest BCUT2D eigenvalue weighted by molar-refractivity contribution is -0.116. The summed E-state index contributed by atoms with van der Waals surface area (Å²) in [7, 11) is 0. The molecule has 4 rings (SSSR count). The van der Waals surface area contributed by atoms with Gasteiger partial charge in [0.2, 0.25) is 11.8 Å². The Balaban J connectivity index is 0.000000218. The third-order valence-corrected chi connectivity index (χ3v) is 6.05. The van der Waals surface area contributed by atoms with Gasteiger partial charge in [-0.25, -0.2) is 0 Å². The van der Waals surface area contributed by atoms with Crippen LogP contribution in [0, 0.1) is 0 Å². The topological polar surface area (TPSA) is 87.7 Å². The van der Waals surface area contributed by atoms with Crippen LogP contribution < -0.4 is 15.4 Å². The third kappa shape index (κ3) is 9.52. The number of ether oxygens (including phenoxy) is 1. The number of aromatic hydroxyl groups is 1. The molecule has 0 spiro atoms. The molecule has 0 aliphatic heterocycles. The monoisotopic (exact) mass is 562 g/mol. The standard InChI is InChI=1S/C17H16ClNO2.C14H12ClNO2/c1-2-11-21-16-10-6-5-9-15(16)19-17(20)12-13-7-3-4-8-14(13)18;15-11-6-2-1-5-10(11)9-14(18)16-12-7-3-4-8-13(12)17/h2-10H,1,11-12H2,(H,19,20);1-8,17H,9H2,(H,16,18). The van der Waals surface area contributed by atoms with E-state index in [1.54, 1.807) is 54.6 Å². The number of amides is 2. The van der Waals surface area contributed by atoms with Gasteiger partial charge in [0.15, 0.2) is 0 Å². The second-order valence-electron chi connectivity index (χ2n) is 8.25. The number of halogens is 2. The average Bonchev–Trinajstić information content (AvgIpc) is 2.92. The van der Waals surface area contributed by atoms with Gasteiger partial charge in [-0.05, 0) is 47.5 Å². The number of para-hydroxylation sites is 4. The van der Waals surface area contributed by atoms with Crippen molar-refractivity contribution >= 4 is 46.4 Å². The van der Waals surface area contributed by atoms with Crippen LogP contribution in [0.5, 0.6) is 11.5 Å². The van der Waals surface area contributed by atoms with E-state index in [0.717, 1.165) is 11.1 Å². The molecule has 4 aromatic carbocycles. The molecule has 200 valence electrons. The Hall–Kier alpha value is -4.26. The van der Waals surface area contributed by atoms with Crippen molar-refractivity contribution in [3.63, 3.8) is 0 Å². The van der Waals surface area contributed by atoms with E-state index in [-0.39, 0.29) is 30.4 Å². The predicted molar refractivity (Wildman–Crippen MR) is 158 cm³/mol. The third-order valence-electron chi connectivity index (χ3n) is 5.31. The molecular formula is C31H28Cl2N2O4. The molecule has 0 fully saturated rings. The Kier molecular flexibility index (Phi) is 11.4. The van der Waals surface area contributed by atoms with E-state index in [9.17, 15) is 14.7 Å². The maximum atomic E-state index is 12.1. The molecular weight excluding hydrogens is 535 g/mol. The van der Waals surface area contributed by atoms with Crippen molar-refractivity contribution in [2.75, 3.05) is 17.2 Å². The van der Waals surface area contributed by atoms with Crippen molar-refractivity contribution in [3.05, 3.63) is 131 Å². The van der Waals surface area contributed by atoms with Gasteiger partial charge in [0.1, 0.15) is 18.1 Å². The summed E-state index contributed by atoms with van der Waals surface area (Å²) in [5, 5.41) is 16.2. The highest BCUT2D eigenvalue weighted by molar-refractivity contribution is 6.32. The number of nitrogens with one attached hydrogen (secondary N) is 2. The molecule has 6 nitrogen and oxygen atoms in total. The van der Waals surface area contributed by atoms with E-state index in [1.165, 1.54) is 6.07 Å². The Morgan fingerprint density at radius 2 is 1.18 bits per heavy atom. The number of anilines is 2. The van der Waals surface area contributed by atoms with Crippen LogP contribution in [0.25, 0.3) is 0 Å². The molecule has 0 aliphatic rings. The lowest BCUT2D eigenvalue weighted by Gasteiger charge is -2.11. The molecule has 0 radical (unpaired) electrons. The highest BCUT2D eigenvalue weighted by Gasteiger charge is 2.10. The quantitative estimate of drug-likeness (QED) is 0.147. The average molecular weight is 563 g/mol. The van der Waals surface area contributed by atoms with Gasteiger partial charge in [-0.15, -0.1) is 0 Å². The zero-order valence-corrected chi connectivity index (χ0v) is 22.6. The summed E-state index contributed by atoms with van der Waals surface area (Å²) < 4.78 is 5.50. The molecule has 4 aromatic rings. The van der Waals surface area contributed by atoms with Crippen molar-refractivity contribution in [2.45, 2.75) is 12.8 Å². The lowest BCUT2D eigenvalue weighted by Crippen LogP contribution is -2.15. The van der Waals surface area contributed by atoms with Crippen LogP contribution in [0.3, 0.4) is 0 Å². The van der Waals surface area contributed by atoms with Crippen molar-refractivity contribution < 1.29 is 19.4 Å². The van der Waals surface area contributed by atoms with Crippen molar-refractivity contribution in [1.82, 2.24) is 0 Å². The van der Waals surface area contributed by atoms with E-state index in [0.29, 0.717) is 33.8 Å². The molecule has 0 heterocycles. The van der Waals surface area contributed by atoms with E-state index in [4.69, 9.17) is 27.9 Å². The number of benzene rings is 4. The van der Waals surface area contributed by atoms with E-state index in [2.05, 4.69) is 17.2 Å². The van der Waals surface area contributed by atoms with Gasteiger partial charge in [-0.2, -0.15) is 0 Å². The highest BCUT2D eigenvalue weighted by Crippen LogP contribution is 2.25. The fourth-order valence-electron chi connectivity index (χ4n) is 3.44. The maximum Gasteiger partial charge on any atom is 0.228 e. The summed E-state index contributed by atoms with van der Waals surface area (Å²) in [6, 6.07) is 28.4. The Bertz CT molecular complexity index is 1380. The van der Waals surface area contributed by atoms with Gasteiger partial charge in [0.05, 0.1) is 24.2 Å². The minimum Gasteiger partial charge on any atom is -0.506 e. The van der Waals surface area contributed by atoms with Crippen LogP contribution in [0.1, 0.15) is 11.1 Å². The molecule has 39 heavy (non-hydrogen) atoms. The summed E-state index contributed by atoms with van der Waals surface area (Å²) in [5.74, 6) is 0.303. The zero-order valence-electron chi connectivity index (χ0n) is 21.1. The van der Waals surface area contributed by atoms with Crippen LogP contribution in [-0.4, -0.2) is 23.5 Å². The Morgan fingerprint density at radius 1 is 0.718 bits per heavy atom. The first-order chi connectivity index (χ1) is 18.9. The minimum absolute atomic E-state index is 0.0463. The van der Waals surface area contributed by atoms with Crippen molar-refractivity contribution in [2.24, 2.45) is 0 Å². The first-order valence-corrected chi connectivity index (χ1v) is 12.8. The Labute approximate surface area is 237 Å². The number of carbonyl (C=O) groups is 2. The van der Waals surface area contributed by atoms with Crippen LogP contribution in [0.4, 0.5) is 11.4 Å². The normalized spacial score (nSPS) is 10.0. The molecule has 0 bridgehead atoms. The van der Waals surface area contributed by atoms with Crippen molar-refractivity contribution in [3.8, 4) is 11.5 Å². The second kappa shape index (κ2) is 15.2. The molecule has 0 saturated carbocycles. The molecule has 2 amide bonds. The lowest BCUT2D eigenvalue weighted by atomic mass is 10.1. The van der Waals surface area contributed by atoms with Crippen LogP contribution in [0.15, 0.2) is 110 Å². The molecule has 0 aliphatic carbocycles. The van der Waals surface area contributed by atoms with Gasteiger partial charge in [0.25, 0.3) is 0 Å². The highest BCUT2D eigenvalue weighted by atomic mass is 35.5. The number of hydrogen-bond acceptors (Lipinski definition) is 4. The van der Waals surface area contributed by atoms with Crippen LogP contribution in [-0.2, 0) is 22.4 Å². The minimum atomic E-state index is -0.218. The van der Waals surface area contributed by atoms with Crippen LogP contribution in [0.2, 0.25) is 10.0 Å². The molecule has 0 saturated heterocycles. The van der Waals surface area contributed by atoms with Gasteiger partial charge in [0, 0.05) is 10.0 Å². The van der Waals surface area contributed by atoms with Gasteiger partial charge < -0.3 is 20.5 Å². The summed E-state index contributed by atoms with van der Waals surface area (Å²) >= 11 is 12.0. The molecule has 0 aromatic heterocycles. The van der Waals surface area contributed by atoms with E-state index < -0.39 is 0 Å². The number of carbonyl (C=O) groups excluding carboxylic acids is 2. The van der Waals surface area contributed by atoms with Crippen LogP contribution >= 0.6 is 23.2 Å². The van der Waals surface area contributed by atoms with Gasteiger partial charge in [-0.1, -0.05) is 96.5 Å². The summed E-state index contributed by atoms with van der Waals surface area (Å²) in [6.07, 6.45) is 2.05. The number of rotatable bonds is 9. The Morgan fingerprint density at radius 3 is 1.72 bits per heavy atom. The SMILES string of the molecule is C=CCOc1ccccc1NC(=O)Cc1ccccc1Cl.O=C(Cc1ccccc1Cl)Nc1ccccc1O. The molecule has 3 N–H and O–H groups in total. The van der Waals surface area contributed by atoms with Gasteiger partial charge >= 0.3 is 0 Å². The first kappa shape index (κ1) is 29.3. The zero-order chi connectivity index (χ0) is 28.0. The first-order valence-electron chi connectivity index (χ1n) is 12.0. The molecule has 0 unspecified atom stereocenters. The number of phenolic OH excluding ortho intramolecular Hbond substituents is 1. The van der Waals surface area contributed by atoms with Gasteiger partial charge in [-0.3, -0.25) is 9.59 Å². The maximum absolute atomic E-state index is 12.1. The van der Waals surface area contributed by atoms with E-state index >= 15 is 0 Å². The predicted octanol–water partition coefficient (Wildman–Crippen LogP) is 7.31. The summed E-state index contributed by atoms with van der Waals surface area (Å²) in [6.45, 7) is 3.99. The fraction of sp³-hybridized carbons (Fsp3) is 0.0968. The largest absolute Gasteiger partial charge is 0.506 e. The fourth-order valence-corrected chi connectivity index (χ4v) is 3.85. The molecule has 8 heteroatoms. The number of phenols is 1.